The molecule has 282 valence electrons. The normalized spacial score (nSPS) is 11.1. The molecule has 0 aliphatic carbocycles. The summed E-state index contributed by atoms with van der Waals surface area (Å²) in [5.74, 6) is 0. The number of hydrogen-bond donors (Lipinski definition) is 0. The Bertz CT molecular complexity index is 2550. The van der Waals surface area contributed by atoms with Gasteiger partial charge >= 0.3 is 20.4 Å². The van der Waals surface area contributed by atoms with E-state index in [1.165, 1.54) is 44.5 Å². The average molecular weight is 845 g/mol. The van der Waals surface area contributed by atoms with Crippen molar-refractivity contribution in [2.75, 3.05) is 0 Å². The second-order valence-corrected chi connectivity index (χ2v) is 14.1. The van der Waals surface area contributed by atoms with Crippen LogP contribution in [-0.4, -0.2) is 9.97 Å². The molecule has 0 aliphatic rings. The molecule has 2 nitrogen and oxygen atoms in total. The number of benzene rings is 7. The summed E-state index contributed by atoms with van der Waals surface area (Å²) in [6.45, 7) is 0. The van der Waals surface area contributed by atoms with Crippen LogP contribution in [0.3, 0.4) is 0 Å². The molecule has 0 fully saturated rings. The van der Waals surface area contributed by atoms with E-state index in [1.807, 2.05) is 36.7 Å². The Morgan fingerprint density at radius 1 is 0.271 bits per heavy atom. The Morgan fingerprint density at radius 3 is 0.847 bits per heavy atom. The molecule has 2 aromatic heterocycles. The molecule has 0 atom stereocenters. The van der Waals surface area contributed by atoms with E-state index in [2.05, 4.69) is 206 Å². The van der Waals surface area contributed by atoms with E-state index in [0.29, 0.717) is 0 Å². The summed E-state index contributed by atoms with van der Waals surface area (Å²) in [7, 11) is 0. The van der Waals surface area contributed by atoms with E-state index in [-0.39, 0.29) is 20.4 Å². The maximum Gasteiger partial charge on any atom is 2.00 e. The van der Waals surface area contributed by atoms with Gasteiger partial charge in [0.05, 0.1) is 0 Å². The second kappa shape index (κ2) is 18.5. The van der Waals surface area contributed by atoms with Gasteiger partial charge in [0, 0.05) is 12.4 Å². The van der Waals surface area contributed by atoms with E-state index in [1.54, 1.807) is 0 Å². The van der Waals surface area contributed by atoms with Gasteiger partial charge in [0.15, 0.2) is 0 Å². The first-order valence-electron chi connectivity index (χ1n) is 19.5. The van der Waals surface area contributed by atoms with Gasteiger partial charge in [-0.2, -0.15) is 24.3 Å². The molecule has 9 aromatic rings. The maximum atomic E-state index is 4.70. The number of pyridine rings is 2. The number of rotatable bonds is 10. The van der Waals surface area contributed by atoms with Crippen molar-refractivity contribution in [3.8, 4) is 66.8 Å². The van der Waals surface area contributed by atoms with Gasteiger partial charge in [0.2, 0.25) is 0 Å². The van der Waals surface area contributed by atoms with Crippen molar-refractivity contribution in [3.63, 3.8) is 0 Å². The first kappa shape index (κ1) is 38.8. The van der Waals surface area contributed by atoms with Crippen LogP contribution >= 0.6 is 0 Å². The molecule has 0 bridgehead atoms. The van der Waals surface area contributed by atoms with Crippen molar-refractivity contribution in [3.05, 3.63) is 253 Å². The van der Waals surface area contributed by atoms with Crippen molar-refractivity contribution >= 4 is 12.2 Å². The molecule has 0 radical (unpaired) electrons. The van der Waals surface area contributed by atoms with Gasteiger partial charge in [0.1, 0.15) is 0 Å². The minimum atomic E-state index is 0. The minimum Gasteiger partial charge on any atom is -0.305 e. The van der Waals surface area contributed by atoms with Crippen molar-refractivity contribution in [2.24, 2.45) is 0 Å². The molecular formula is C56H38N2Pd. The van der Waals surface area contributed by atoms with Gasteiger partial charge in [-0.15, -0.1) is 24.3 Å². The topological polar surface area (TPSA) is 25.8 Å². The third-order valence-corrected chi connectivity index (χ3v) is 10.2. The first-order chi connectivity index (χ1) is 28.7. The molecule has 0 spiro atoms. The summed E-state index contributed by atoms with van der Waals surface area (Å²) in [5, 5.41) is 0. The minimum absolute atomic E-state index is 0. The molecule has 0 saturated heterocycles. The molecule has 0 N–H and O–H groups in total. The van der Waals surface area contributed by atoms with E-state index in [4.69, 9.17) is 9.97 Å². The largest absolute Gasteiger partial charge is 2.00 e. The summed E-state index contributed by atoms with van der Waals surface area (Å²) >= 11 is 0. The second-order valence-electron chi connectivity index (χ2n) is 14.1. The maximum absolute atomic E-state index is 4.70. The number of nitrogens with zero attached hydrogens (tertiary/aromatic N) is 2. The third-order valence-electron chi connectivity index (χ3n) is 10.2. The quantitative estimate of drug-likeness (QED) is 0.101. The Hall–Kier alpha value is -7.02. The van der Waals surface area contributed by atoms with Gasteiger partial charge in [0.25, 0.3) is 0 Å². The van der Waals surface area contributed by atoms with Crippen LogP contribution in [0, 0.1) is 12.2 Å². The fraction of sp³-hybridized carbons (Fsp3) is 0. The summed E-state index contributed by atoms with van der Waals surface area (Å²) < 4.78 is 0. The molecule has 0 amide bonds. The zero-order valence-electron chi connectivity index (χ0n) is 32.1. The van der Waals surface area contributed by atoms with E-state index in [9.17, 15) is 0 Å². The zero-order valence-corrected chi connectivity index (χ0v) is 33.7. The zero-order chi connectivity index (χ0) is 38.9. The monoisotopic (exact) mass is 844 g/mol. The average Bonchev–Trinajstić information content (AvgIpc) is 3.31. The number of hydrogen-bond acceptors (Lipinski definition) is 2. The molecule has 0 unspecified atom stereocenters. The van der Waals surface area contributed by atoms with Crippen LogP contribution in [0.1, 0.15) is 22.5 Å². The summed E-state index contributed by atoms with van der Waals surface area (Å²) in [6, 6.07) is 72.3. The molecule has 9 rings (SSSR count). The first-order valence-corrected chi connectivity index (χ1v) is 19.5. The number of aromatic nitrogens is 2. The van der Waals surface area contributed by atoms with E-state index in [0.717, 1.165) is 44.8 Å². The van der Waals surface area contributed by atoms with Gasteiger partial charge in [-0.25, -0.2) is 11.1 Å². The van der Waals surface area contributed by atoms with Crippen molar-refractivity contribution in [1.82, 2.24) is 9.97 Å². The van der Waals surface area contributed by atoms with Crippen LogP contribution in [0.15, 0.2) is 219 Å². The van der Waals surface area contributed by atoms with Crippen LogP contribution < -0.4 is 0 Å². The van der Waals surface area contributed by atoms with Crippen LogP contribution in [0.5, 0.6) is 0 Å². The molecule has 0 saturated carbocycles. The van der Waals surface area contributed by atoms with E-state index >= 15 is 0 Å². The smallest absolute Gasteiger partial charge is 0.305 e. The predicted octanol–water partition coefficient (Wildman–Crippen LogP) is 14.2. The third kappa shape index (κ3) is 9.42. The van der Waals surface area contributed by atoms with E-state index < -0.39 is 0 Å². The van der Waals surface area contributed by atoms with Crippen LogP contribution in [-0.2, 0) is 20.4 Å². The molecule has 2 heterocycles. The van der Waals surface area contributed by atoms with Crippen LogP contribution in [0.25, 0.3) is 78.9 Å². The fourth-order valence-electron chi connectivity index (χ4n) is 7.23. The van der Waals surface area contributed by atoms with Gasteiger partial charge in [-0.1, -0.05) is 133 Å². The van der Waals surface area contributed by atoms with Crippen molar-refractivity contribution < 1.29 is 20.4 Å². The van der Waals surface area contributed by atoms with Gasteiger partial charge in [-0.3, -0.25) is 0 Å². The molecule has 7 aromatic carbocycles. The Morgan fingerprint density at radius 2 is 0.542 bits per heavy atom. The van der Waals surface area contributed by atoms with Crippen molar-refractivity contribution in [1.29, 1.82) is 0 Å². The summed E-state index contributed by atoms with van der Waals surface area (Å²) in [5.41, 5.74) is 17.3. The summed E-state index contributed by atoms with van der Waals surface area (Å²) in [4.78, 5) is 9.40. The molecular weight excluding hydrogens is 807 g/mol. The summed E-state index contributed by atoms with van der Waals surface area (Å²) in [6.07, 6.45) is 14.7. The predicted molar refractivity (Wildman–Crippen MR) is 241 cm³/mol. The van der Waals surface area contributed by atoms with Gasteiger partial charge < -0.3 is 9.97 Å². The Kier molecular flexibility index (Phi) is 12.2. The van der Waals surface area contributed by atoms with Crippen LogP contribution in [0.4, 0.5) is 0 Å². The Balaban J connectivity index is 0.00000484. The molecule has 3 heteroatoms. The Labute approximate surface area is 360 Å². The SMILES string of the molecule is [C-](=Cc1cc(-c2cc(-c3ccccc3)cc(-c3ccccc3)c2)ccn1)c1ccccc1[C-]=Cc1cc(-c2cc(-c3ccccc3)cc(-c3ccccc3)c2)ccn1.[Pd+2]. The van der Waals surface area contributed by atoms with Crippen LogP contribution in [0.2, 0.25) is 0 Å². The molecule has 59 heavy (non-hydrogen) atoms. The van der Waals surface area contributed by atoms with Gasteiger partial charge in [-0.05, 0) is 127 Å². The van der Waals surface area contributed by atoms with Crippen molar-refractivity contribution in [2.45, 2.75) is 0 Å². The fourth-order valence-corrected chi connectivity index (χ4v) is 7.23. The standard InChI is InChI=1S/C56H38N2.Pd/c1-5-15-41(16-6-1)49-33-50(42-17-7-2-8-18-42)36-53(35-49)47-29-31-57-55(39-47)27-25-45-23-13-14-24-46(45)26-28-56-40-48(30-32-58-56)54-37-51(43-19-9-3-10-20-43)34-52(38-54)44-21-11-4-12-22-44;/h1-24,27-40H;/q-2;+2. The molecule has 0 aliphatic heterocycles.